The molecule has 1 aromatic carbocycles. The van der Waals surface area contributed by atoms with E-state index in [1.54, 1.807) is 19.1 Å². The van der Waals surface area contributed by atoms with Crippen LogP contribution in [0.15, 0.2) is 36.4 Å². The van der Waals surface area contributed by atoms with Crippen LogP contribution in [0.1, 0.15) is 56.5 Å². The summed E-state index contributed by atoms with van der Waals surface area (Å²) in [5.74, 6) is -1.14. The van der Waals surface area contributed by atoms with Crippen LogP contribution in [0.3, 0.4) is 0 Å². The van der Waals surface area contributed by atoms with Crippen LogP contribution in [0.4, 0.5) is 0 Å². The van der Waals surface area contributed by atoms with Gasteiger partial charge in [-0.1, -0.05) is 36.4 Å². The highest BCUT2D eigenvalue weighted by molar-refractivity contribution is 6.18. The zero-order valence-corrected chi connectivity index (χ0v) is 15.3. The molecule has 0 aromatic heterocycles. The van der Waals surface area contributed by atoms with Crippen LogP contribution < -0.4 is 0 Å². The van der Waals surface area contributed by atoms with E-state index in [1.807, 2.05) is 12.1 Å². The molecule has 1 aromatic rings. The normalized spacial score (nSPS) is 19.9. The lowest BCUT2D eigenvalue weighted by Gasteiger charge is -2.38. The third-order valence-electron chi connectivity index (χ3n) is 5.74. The molecule has 0 N–H and O–H groups in total. The predicted molar refractivity (Wildman–Crippen MR) is 95.4 cm³/mol. The first-order chi connectivity index (χ1) is 11.6. The molecule has 0 saturated carbocycles. The van der Waals surface area contributed by atoms with E-state index >= 15 is 0 Å². The monoisotopic (exact) mass is 340 g/mol. The van der Waals surface area contributed by atoms with Crippen molar-refractivity contribution in [2.75, 3.05) is 0 Å². The van der Waals surface area contributed by atoms with Crippen LogP contribution in [-0.2, 0) is 20.8 Å². The maximum atomic E-state index is 13.2. The first-order valence-electron chi connectivity index (χ1n) is 8.41. The number of allylic oxidation sites excluding steroid dienone is 1. The van der Waals surface area contributed by atoms with Crippen molar-refractivity contribution in [3.8, 4) is 0 Å². The molecular formula is C21H24O4. The van der Waals surface area contributed by atoms with E-state index in [-0.39, 0.29) is 29.6 Å². The number of rotatable bonds is 6. The predicted octanol–water partition coefficient (Wildman–Crippen LogP) is 3.52. The maximum absolute atomic E-state index is 13.2. The molecular weight excluding hydrogens is 316 g/mol. The van der Waals surface area contributed by atoms with Gasteiger partial charge in [-0.15, -0.1) is 0 Å². The minimum atomic E-state index is -1.36. The second-order valence-corrected chi connectivity index (χ2v) is 7.17. The number of benzene rings is 1. The summed E-state index contributed by atoms with van der Waals surface area (Å²) in [6, 6.07) is 7.24. The first-order valence-corrected chi connectivity index (χ1v) is 8.41. The van der Waals surface area contributed by atoms with Crippen LogP contribution in [0.25, 0.3) is 0 Å². The first kappa shape index (κ1) is 19.0. The lowest BCUT2D eigenvalue weighted by Crippen LogP contribution is -2.45. The van der Waals surface area contributed by atoms with Crippen LogP contribution in [0.2, 0.25) is 0 Å². The van der Waals surface area contributed by atoms with E-state index in [2.05, 4.69) is 6.58 Å². The molecule has 1 atom stereocenters. The van der Waals surface area contributed by atoms with Crippen molar-refractivity contribution in [2.24, 2.45) is 10.8 Å². The Balaban J connectivity index is 2.51. The number of fused-ring (bicyclic) bond motifs is 1. The molecule has 4 nitrogen and oxygen atoms in total. The number of hydrogen-bond donors (Lipinski definition) is 0. The molecule has 0 amide bonds. The molecule has 1 aliphatic rings. The third-order valence-corrected chi connectivity index (χ3v) is 5.74. The average molecular weight is 340 g/mol. The Hall–Kier alpha value is -2.36. The topological polar surface area (TPSA) is 68.3 Å². The highest BCUT2D eigenvalue weighted by Gasteiger charge is 2.50. The summed E-state index contributed by atoms with van der Waals surface area (Å²) in [6.07, 6.45) is 0.908. The Morgan fingerprint density at radius 3 is 2.20 bits per heavy atom. The summed E-state index contributed by atoms with van der Waals surface area (Å²) < 4.78 is 0. The van der Waals surface area contributed by atoms with E-state index in [9.17, 15) is 19.2 Å². The molecule has 4 heteroatoms. The van der Waals surface area contributed by atoms with Crippen molar-refractivity contribution in [3.05, 3.63) is 47.5 Å². The summed E-state index contributed by atoms with van der Waals surface area (Å²) >= 11 is 0. The zero-order valence-electron chi connectivity index (χ0n) is 15.3. The minimum Gasteiger partial charge on any atom is -0.299 e. The van der Waals surface area contributed by atoms with Crippen molar-refractivity contribution in [3.63, 3.8) is 0 Å². The lowest BCUT2D eigenvalue weighted by atomic mass is 9.61. The summed E-state index contributed by atoms with van der Waals surface area (Å²) in [5.41, 5.74) is -0.833. The van der Waals surface area contributed by atoms with Gasteiger partial charge in [-0.05, 0) is 52.5 Å². The zero-order chi connectivity index (χ0) is 19.0. The number of ketones is 4. The summed E-state index contributed by atoms with van der Waals surface area (Å²) in [6.45, 7) is 9.65. The summed E-state index contributed by atoms with van der Waals surface area (Å²) in [5, 5.41) is 0. The van der Waals surface area contributed by atoms with Crippen LogP contribution in [0, 0.1) is 10.8 Å². The van der Waals surface area contributed by atoms with Crippen LogP contribution in [-0.4, -0.2) is 23.1 Å². The fraction of sp³-hybridized carbons (Fsp3) is 0.429. The molecule has 132 valence electrons. The van der Waals surface area contributed by atoms with Gasteiger partial charge in [0.05, 0.1) is 5.41 Å². The Morgan fingerprint density at radius 1 is 1.12 bits per heavy atom. The number of hydrogen-bond acceptors (Lipinski definition) is 4. The quantitative estimate of drug-likeness (QED) is 0.587. The van der Waals surface area contributed by atoms with Crippen LogP contribution >= 0.6 is 0 Å². The molecule has 0 heterocycles. The van der Waals surface area contributed by atoms with Crippen LogP contribution in [0.5, 0.6) is 0 Å². The van der Waals surface area contributed by atoms with E-state index in [1.165, 1.54) is 20.8 Å². The third kappa shape index (κ3) is 2.90. The molecule has 1 unspecified atom stereocenters. The summed E-state index contributed by atoms with van der Waals surface area (Å²) in [4.78, 5) is 49.8. The lowest BCUT2D eigenvalue weighted by molar-refractivity contribution is -0.138. The average Bonchev–Trinajstić information content (AvgIpc) is 2.54. The number of aryl methyl sites for hydroxylation is 1. The van der Waals surface area contributed by atoms with Crippen molar-refractivity contribution < 1.29 is 19.2 Å². The van der Waals surface area contributed by atoms with E-state index in [4.69, 9.17) is 0 Å². The molecule has 0 bridgehead atoms. The standard InChI is InChI=1S/C21H24O4/c1-13(12-20(5,14(2)22)15(3)23)21(16(4)24)11-10-17-8-6-7-9-18(17)19(21)25/h6-9H,1,10-12H2,2-5H3. The number of Topliss-reactive ketones (excluding diaryl/α,β-unsaturated/α-hetero) is 4. The van der Waals surface area contributed by atoms with Gasteiger partial charge in [-0.25, -0.2) is 0 Å². The largest absolute Gasteiger partial charge is 0.299 e. The fourth-order valence-electron chi connectivity index (χ4n) is 3.62. The number of carbonyl (C=O) groups is 4. The Morgan fingerprint density at radius 2 is 1.68 bits per heavy atom. The van der Waals surface area contributed by atoms with E-state index in [0.29, 0.717) is 24.0 Å². The second-order valence-electron chi connectivity index (χ2n) is 7.17. The van der Waals surface area contributed by atoms with Gasteiger partial charge in [0.25, 0.3) is 0 Å². The van der Waals surface area contributed by atoms with Crippen molar-refractivity contribution >= 4 is 23.1 Å². The number of carbonyl (C=O) groups excluding carboxylic acids is 4. The van der Waals surface area contributed by atoms with Gasteiger partial charge in [0.2, 0.25) is 0 Å². The van der Waals surface area contributed by atoms with Gasteiger partial charge in [0.15, 0.2) is 5.78 Å². The SMILES string of the molecule is C=C(CC(C)(C(C)=O)C(C)=O)C1(C(C)=O)CCc2ccccc2C1=O. The molecule has 2 rings (SSSR count). The Bertz CT molecular complexity index is 773. The molecule has 1 aliphatic carbocycles. The molecule has 0 radical (unpaired) electrons. The fourth-order valence-corrected chi connectivity index (χ4v) is 3.62. The summed E-state index contributed by atoms with van der Waals surface area (Å²) in [7, 11) is 0. The van der Waals surface area contributed by atoms with E-state index < -0.39 is 10.8 Å². The smallest absolute Gasteiger partial charge is 0.180 e. The van der Waals surface area contributed by atoms with Gasteiger partial charge in [0.1, 0.15) is 22.8 Å². The van der Waals surface area contributed by atoms with Crippen molar-refractivity contribution in [2.45, 2.75) is 47.0 Å². The van der Waals surface area contributed by atoms with Gasteiger partial charge >= 0.3 is 0 Å². The van der Waals surface area contributed by atoms with Crippen molar-refractivity contribution in [1.29, 1.82) is 0 Å². The molecule has 0 aliphatic heterocycles. The maximum Gasteiger partial charge on any atom is 0.180 e. The van der Waals surface area contributed by atoms with Gasteiger partial charge < -0.3 is 0 Å². The molecule has 0 fully saturated rings. The Kier molecular flexibility index (Phi) is 4.94. The van der Waals surface area contributed by atoms with Gasteiger partial charge in [-0.2, -0.15) is 0 Å². The van der Waals surface area contributed by atoms with Crippen molar-refractivity contribution in [1.82, 2.24) is 0 Å². The van der Waals surface area contributed by atoms with Gasteiger partial charge in [-0.3, -0.25) is 19.2 Å². The molecule has 0 saturated heterocycles. The molecule has 0 spiro atoms. The Labute approximate surface area is 148 Å². The highest BCUT2D eigenvalue weighted by Crippen LogP contribution is 2.45. The minimum absolute atomic E-state index is 0.00511. The van der Waals surface area contributed by atoms with E-state index in [0.717, 1.165) is 5.56 Å². The molecule has 25 heavy (non-hydrogen) atoms. The second kappa shape index (κ2) is 6.51. The van der Waals surface area contributed by atoms with Gasteiger partial charge in [0, 0.05) is 5.56 Å². The highest BCUT2D eigenvalue weighted by atomic mass is 16.2.